The molecule has 0 aliphatic heterocycles. The van der Waals surface area contributed by atoms with Crippen LogP contribution in [0.1, 0.15) is 52.9 Å². The van der Waals surface area contributed by atoms with Crippen LogP contribution in [0.15, 0.2) is 11.6 Å². The number of hydrogen-bond acceptors (Lipinski definition) is 2. The molecule has 0 atom stereocenters. The van der Waals surface area contributed by atoms with Gasteiger partial charge in [-0.3, -0.25) is 9.59 Å². The summed E-state index contributed by atoms with van der Waals surface area (Å²) in [5, 5.41) is 0. The number of carbonyl (C=O) groups is 2. The van der Waals surface area contributed by atoms with Gasteiger partial charge in [-0.15, -0.1) is 0 Å². The Labute approximate surface area is 86.4 Å². The number of carbonyl (C=O) groups excluding carboxylic acids is 2. The fraction of sp³-hybridized carbons (Fsp3) is 0.667. The first kappa shape index (κ1) is 13.1. The van der Waals surface area contributed by atoms with Crippen LogP contribution in [0.25, 0.3) is 0 Å². The van der Waals surface area contributed by atoms with Gasteiger partial charge in [-0.25, -0.2) is 0 Å². The third-order valence-corrected chi connectivity index (χ3v) is 2.14. The second-order valence-corrected chi connectivity index (χ2v) is 3.36. The molecule has 0 rings (SSSR count). The van der Waals surface area contributed by atoms with Crippen molar-refractivity contribution in [1.82, 2.24) is 0 Å². The molecule has 0 N–H and O–H groups in total. The summed E-state index contributed by atoms with van der Waals surface area (Å²) in [5.74, 6) is 0.259. The number of hydrogen-bond donors (Lipinski definition) is 0. The Morgan fingerprint density at radius 1 is 1.07 bits per heavy atom. The van der Waals surface area contributed by atoms with Crippen LogP contribution < -0.4 is 0 Å². The van der Waals surface area contributed by atoms with Crippen molar-refractivity contribution < 1.29 is 9.59 Å². The molecule has 2 heteroatoms. The molecular weight excluding hydrogens is 176 g/mol. The second-order valence-electron chi connectivity index (χ2n) is 3.36. The Hall–Kier alpha value is -0.920. The molecule has 0 radical (unpaired) electrons. The molecule has 0 aromatic rings. The Kier molecular flexibility index (Phi) is 6.99. The quantitative estimate of drug-likeness (QED) is 0.586. The van der Waals surface area contributed by atoms with E-state index >= 15 is 0 Å². The zero-order valence-electron chi connectivity index (χ0n) is 9.43. The highest BCUT2D eigenvalue weighted by molar-refractivity contribution is 6.00. The predicted molar refractivity (Wildman–Crippen MR) is 58.2 cm³/mol. The molecule has 0 unspecified atom stereocenters. The molecule has 0 saturated carbocycles. The minimum absolute atomic E-state index is 0.111. The monoisotopic (exact) mass is 196 g/mol. The predicted octanol–water partition coefficient (Wildman–Crippen LogP) is 3.06. The molecule has 0 saturated heterocycles. The lowest BCUT2D eigenvalue weighted by atomic mass is 10.0. The van der Waals surface area contributed by atoms with Crippen molar-refractivity contribution in [3.05, 3.63) is 11.6 Å². The molecular formula is C12H20O2. The topological polar surface area (TPSA) is 34.1 Å². The Balaban J connectivity index is 4.39. The maximum absolute atomic E-state index is 11.4. The Morgan fingerprint density at radius 2 is 1.71 bits per heavy atom. The van der Waals surface area contributed by atoms with Gasteiger partial charge in [-0.2, -0.15) is 0 Å². The van der Waals surface area contributed by atoms with Gasteiger partial charge in [0, 0.05) is 19.3 Å². The molecule has 2 nitrogen and oxygen atoms in total. The molecule has 80 valence electrons. The van der Waals surface area contributed by atoms with Gasteiger partial charge in [0.1, 0.15) is 5.78 Å². The molecule has 0 spiro atoms. The first-order chi connectivity index (χ1) is 6.65. The second kappa shape index (κ2) is 7.48. The zero-order chi connectivity index (χ0) is 11.0. The van der Waals surface area contributed by atoms with Crippen molar-refractivity contribution in [2.24, 2.45) is 0 Å². The van der Waals surface area contributed by atoms with E-state index in [0.717, 1.165) is 12.8 Å². The van der Waals surface area contributed by atoms with Crippen LogP contribution in [0.4, 0.5) is 0 Å². The largest absolute Gasteiger partial charge is 0.299 e. The molecule has 0 aliphatic carbocycles. The van der Waals surface area contributed by atoms with Gasteiger partial charge in [0.15, 0.2) is 5.78 Å². The van der Waals surface area contributed by atoms with Crippen molar-refractivity contribution in [2.45, 2.75) is 52.9 Å². The van der Waals surface area contributed by atoms with Crippen molar-refractivity contribution in [2.75, 3.05) is 0 Å². The average Bonchev–Trinajstić information content (AvgIpc) is 2.22. The van der Waals surface area contributed by atoms with E-state index < -0.39 is 0 Å². The Morgan fingerprint density at radius 3 is 2.14 bits per heavy atom. The standard InChI is InChI=1S/C12H20O2/c1-4-7-8-10(12(14)6-3)9-11(13)5-2/h8H,4-7,9H2,1-3H3/b10-8+. The summed E-state index contributed by atoms with van der Waals surface area (Å²) in [6.45, 7) is 5.72. The third-order valence-electron chi connectivity index (χ3n) is 2.14. The van der Waals surface area contributed by atoms with E-state index in [1.165, 1.54) is 0 Å². The first-order valence-corrected chi connectivity index (χ1v) is 5.39. The van der Waals surface area contributed by atoms with E-state index in [9.17, 15) is 9.59 Å². The number of allylic oxidation sites excluding steroid dienone is 2. The molecule has 0 fully saturated rings. The third kappa shape index (κ3) is 4.95. The van der Waals surface area contributed by atoms with Gasteiger partial charge in [0.2, 0.25) is 0 Å². The van der Waals surface area contributed by atoms with Crippen molar-refractivity contribution in [1.29, 1.82) is 0 Å². The molecule has 0 aromatic heterocycles. The van der Waals surface area contributed by atoms with Crippen LogP contribution in [0.5, 0.6) is 0 Å². The fourth-order valence-corrected chi connectivity index (χ4v) is 1.17. The summed E-state index contributed by atoms with van der Waals surface area (Å²) in [7, 11) is 0. The van der Waals surface area contributed by atoms with Crippen LogP contribution in [0.2, 0.25) is 0 Å². The summed E-state index contributed by atoms with van der Waals surface area (Å²) in [6.07, 6.45) is 5.15. The van der Waals surface area contributed by atoms with E-state index in [4.69, 9.17) is 0 Å². The SMILES string of the molecule is CCC/C=C(\CC(=O)CC)C(=O)CC. The average molecular weight is 196 g/mol. The van der Waals surface area contributed by atoms with Crippen LogP contribution >= 0.6 is 0 Å². The lowest BCUT2D eigenvalue weighted by molar-refractivity contribution is -0.120. The van der Waals surface area contributed by atoms with Crippen LogP contribution in [0, 0.1) is 0 Å². The molecule has 0 amide bonds. The maximum atomic E-state index is 11.4. The smallest absolute Gasteiger partial charge is 0.158 e. The number of rotatable bonds is 7. The number of Topliss-reactive ketones (excluding diaryl/α,β-unsaturated/α-hetero) is 2. The zero-order valence-corrected chi connectivity index (χ0v) is 9.43. The molecule has 0 heterocycles. The van der Waals surface area contributed by atoms with Gasteiger partial charge >= 0.3 is 0 Å². The van der Waals surface area contributed by atoms with Gasteiger partial charge in [-0.05, 0) is 12.0 Å². The highest BCUT2D eigenvalue weighted by Gasteiger charge is 2.10. The van der Waals surface area contributed by atoms with Crippen LogP contribution in [-0.4, -0.2) is 11.6 Å². The van der Waals surface area contributed by atoms with E-state index in [0.29, 0.717) is 24.8 Å². The normalized spacial score (nSPS) is 11.5. The fourth-order valence-electron chi connectivity index (χ4n) is 1.17. The molecule has 0 aliphatic rings. The summed E-state index contributed by atoms with van der Waals surface area (Å²) in [4.78, 5) is 22.7. The lowest BCUT2D eigenvalue weighted by Crippen LogP contribution is -2.06. The summed E-state index contributed by atoms with van der Waals surface area (Å²) in [5.41, 5.74) is 0.709. The minimum Gasteiger partial charge on any atom is -0.299 e. The minimum atomic E-state index is 0.111. The Bertz CT molecular complexity index is 226. The summed E-state index contributed by atoms with van der Waals surface area (Å²) >= 11 is 0. The van der Waals surface area contributed by atoms with Crippen molar-refractivity contribution >= 4 is 11.6 Å². The maximum Gasteiger partial charge on any atom is 0.158 e. The van der Waals surface area contributed by atoms with E-state index in [1.807, 2.05) is 19.9 Å². The highest BCUT2D eigenvalue weighted by Crippen LogP contribution is 2.10. The van der Waals surface area contributed by atoms with Crippen LogP contribution in [-0.2, 0) is 9.59 Å². The highest BCUT2D eigenvalue weighted by atomic mass is 16.1. The van der Waals surface area contributed by atoms with Crippen molar-refractivity contribution in [3.63, 3.8) is 0 Å². The van der Waals surface area contributed by atoms with Gasteiger partial charge in [-0.1, -0.05) is 33.3 Å². The first-order valence-electron chi connectivity index (χ1n) is 5.39. The van der Waals surface area contributed by atoms with Gasteiger partial charge in [0.05, 0.1) is 0 Å². The van der Waals surface area contributed by atoms with Gasteiger partial charge in [0.25, 0.3) is 0 Å². The number of ketones is 2. The van der Waals surface area contributed by atoms with Crippen LogP contribution in [0.3, 0.4) is 0 Å². The summed E-state index contributed by atoms with van der Waals surface area (Å²) < 4.78 is 0. The molecule has 0 aromatic carbocycles. The van der Waals surface area contributed by atoms with E-state index in [-0.39, 0.29) is 11.6 Å². The molecule has 14 heavy (non-hydrogen) atoms. The van der Waals surface area contributed by atoms with Crippen molar-refractivity contribution in [3.8, 4) is 0 Å². The molecule has 0 bridgehead atoms. The van der Waals surface area contributed by atoms with E-state index in [2.05, 4.69) is 6.92 Å². The number of unbranched alkanes of at least 4 members (excludes halogenated alkanes) is 1. The van der Waals surface area contributed by atoms with E-state index in [1.54, 1.807) is 0 Å². The lowest BCUT2D eigenvalue weighted by Gasteiger charge is -2.03. The van der Waals surface area contributed by atoms with Gasteiger partial charge < -0.3 is 0 Å². The summed E-state index contributed by atoms with van der Waals surface area (Å²) in [6, 6.07) is 0.